The summed E-state index contributed by atoms with van der Waals surface area (Å²) in [4.78, 5) is 13.7. The smallest absolute Gasteiger partial charge is 0.381 e. The lowest BCUT2D eigenvalue weighted by atomic mass is 9.83. The summed E-state index contributed by atoms with van der Waals surface area (Å²) in [5, 5.41) is 4.19. The van der Waals surface area contributed by atoms with Gasteiger partial charge in [-0.2, -0.15) is 24.9 Å². The highest BCUT2D eigenvalue weighted by Gasteiger charge is 2.46. The number of alkyl halides is 3. The van der Waals surface area contributed by atoms with Crippen molar-refractivity contribution >= 4 is 35.0 Å². The van der Waals surface area contributed by atoms with Crippen LogP contribution in [-0.2, 0) is 16.6 Å². The van der Waals surface area contributed by atoms with E-state index >= 15 is 0 Å². The molecule has 1 fully saturated rings. The third kappa shape index (κ3) is 5.06. The lowest BCUT2D eigenvalue weighted by molar-refractivity contribution is -0.190. The van der Waals surface area contributed by atoms with Crippen LogP contribution in [0.2, 0.25) is 5.02 Å². The lowest BCUT2D eigenvalue weighted by Crippen LogP contribution is -2.43. The highest BCUT2D eigenvalue weighted by Crippen LogP contribution is 2.42. The molecule has 2 aliphatic rings. The van der Waals surface area contributed by atoms with E-state index in [4.69, 9.17) is 11.6 Å². The normalized spacial score (nSPS) is 21.1. The molecule has 1 saturated heterocycles. The van der Waals surface area contributed by atoms with Crippen LogP contribution in [0.4, 0.5) is 18.9 Å². The van der Waals surface area contributed by atoms with E-state index in [1.54, 1.807) is 23.9 Å². The van der Waals surface area contributed by atoms with E-state index in [0.717, 1.165) is 28.5 Å². The second kappa shape index (κ2) is 9.65. The van der Waals surface area contributed by atoms with Gasteiger partial charge >= 0.3 is 6.18 Å². The van der Waals surface area contributed by atoms with Crippen LogP contribution in [0.1, 0.15) is 49.4 Å². The topological polar surface area (TPSA) is 32.3 Å². The Morgan fingerprint density at radius 2 is 1.79 bits per heavy atom. The van der Waals surface area contributed by atoms with Crippen molar-refractivity contribution in [3.63, 3.8) is 0 Å². The van der Waals surface area contributed by atoms with Gasteiger partial charge in [0.05, 0.1) is 0 Å². The second-order valence-corrected chi connectivity index (χ2v) is 11.5. The third-order valence-electron chi connectivity index (χ3n) is 7.24. The van der Waals surface area contributed by atoms with Crippen LogP contribution in [0, 0.1) is 5.92 Å². The molecule has 1 N–H and O–H groups in total. The average molecular weight is 511 g/mol. The Balaban J connectivity index is 1.51. The molecule has 4 rings (SSSR count). The van der Waals surface area contributed by atoms with Gasteiger partial charge in [0.2, 0.25) is 5.91 Å². The van der Waals surface area contributed by atoms with E-state index in [1.165, 1.54) is 30.3 Å². The Hall–Kier alpha value is -1.86. The molecule has 1 aliphatic heterocycles. The van der Waals surface area contributed by atoms with Crippen molar-refractivity contribution in [2.45, 2.75) is 56.8 Å². The summed E-state index contributed by atoms with van der Waals surface area (Å²) < 4.78 is 42.2. The fourth-order valence-corrected chi connectivity index (χ4v) is 6.45. The minimum Gasteiger partial charge on any atom is -0.381 e. The van der Waals surface area contributed by atoms with Gasteiger partial charge in [0.15, 0.2) is 6.04 Å². The first-order chi connectivity index (χ1) is 16.0. The highest BCUT2D eigenvalue weighted by molar-refractivity contribution is 7.99. The molecule has 8 heteroatoms. The number of rotatable bonds is 5. The fourth-order valence-electron chi connectivity index (χ4n) is 5.18. The third-order valence-corrected chi connectivity index (χ3v) is 8.53. The average Bonchev–Trinajstić information content (AvgIpc) is 3.03. The zero-order chi connectivity index (χ0) is 24.7. The molecule has 1 aliphatic carbocycles. The Labute approximate surface area is 208 Å². The predicted octanol–water partition coefficient (Wildman–Crippen LogP) is 6.86. The minimum absolute atomic E-state index is 0.0693. The first-order valence-corrected chi connectivity index (χ1v) is 13.1. The number of nitrogens with one attached hydrogen (secondary N) is 1. The molecule has 1 amide bonds. The molecule has 3 nitrogen and oxygen atoms in total. The number of fused-ring (bicyclic) bond motifs is 1. The molecule has 34 heavy (non-hydrogen) atoms. The number of anilines is 1. The zero-order valence-corrected chi connectivity index (χ0v) is 21.2. The number of amides is 1. The number of hydrogen-bond donors (Lipinski definition) is 1. The molecule has 0 bridgehead atoms. The van der Waals surface area contributed by atoms with Gasteiger partial charge in [-0.1, -0.05) is 43.6 Å². The number of carbonyl (C=O) groups is 1. The molecule has 0 spiro atoms. The summed E-state index contributed by atoms with van der Waals surface area (Å²) >= 11 is 7.94. The first kappa shape index (κ1) is 25.2. The summed E-state index contributed by atoms with van der Waals surface area (Å²) in [5.41, 5.74) is 3.05. The van der Waals surface area contributed by atoms with Gasteiger partial charge in [-0.15, -0.1) is 0 Å². The fraction of sp³-hybridized carbons (Fsp3) is 0.500. The van der Waals surface area contributed by atoms with E-state index < -0.39 is 18.1 Å². The number of carbonyl (C=O) groups excluding carboxylic acids is 1. The summed E-state index contributed by atoms with van der Waals surface area (Å²) in [6.45, 7) is 4.29. The van der Waals surface area contributed by atoms with Gasteiger partial charge < -0.3 is 10.2 Å². The van der Waals surface area contributed by atoms with Gasteiger partial charge in [-0.3, -0.25) is 4.79 Å². The summed E-state index contributed by atoms with van der Waals surface area (Å²) in [7, 11) is 1.28. The van der Waals surface area contributed by atoms with Crippen molar-refractivity contribution < 1.29 is 18.0 Å². The largest absolute Gasteiger partial charge is 0.413 e. The number of hydrogen-bond acceptors (Lipinski definition) is 3. The van der Waals surface area contributed by atoms with Crippen molar-refractivity contribution in [1.29, 1.82) is 0 Å². The van der Waals surface area contributed by atoms with Crippen LogP contribution >= 0.6 is 23.4 Å². The summed E-state index contributed by atoms with van der Waals surface area (Å²) in [5.74, 6) is 0.870. The Kier molecular flexibility index (Phi) is 7.16. The molecule has 2 unspecified atom stereocenters. The van der Waals surface area contributed by atoms with Crippen molar-refractivity contribution in [3.8, 4) is 0 Å². The summed E-state index contributed by atoms with van der Waals surface area (Å²) in [6, 6.07) is 10.3. The highest BCUT2D eigenvalue weighted by atomic mass is 35.5. The van der Waals surface area contributed by atoms with Crippen LogP contribution in [0.5, 0.6) is 0 Å². The van der Waals surface area contributed by atoms with Gasteiger partial charge in [-0.25, -0.2) is 0 Å². The number of halogens is 4. The second-order valence-electron chi connectivity index (χ2n) is 9.83. The van der Waals surface area contributed by atoms with E-state index in [2.05, 4.69) is 19.2 Å². The molecule has 1 heterocycles. The molecule has 0 radical (unpaired) electrons. The Bertz CT molecular complexity index is 1040. The van der Waals surface area contributed by atoms with E-state index in [1.807, 2.05) is 18.2 Å². The molecule has 184 valence electrons. The minimum atomic E-state index is -4.56. The Morgan fingerprint density at radius 1 is 1.15 bits per heavy atom. The van der Waals surface area contributed by atoms with Crippen LogP contribution in [0.15, 0.2) is 42.5 Å². The van der Waals surface area contributed by atoms with Gasteiger partial charge in [-0.05, 0) is 71.7 Å². The lowest BCUT2D eigenvalue weighted by Gasteiger charge is -2.34. The van der Waals surface area contributed by atoms with Crippen LogP contribution in [0.3, 0.4) is 0 Å². The first-order valence-electron chi connectivity index (χ1n) is 11.5. The van der Waals surface area contributed by atoms with Crippen LogP contribution < -0.4 is 5.32 Å². The number of benzene rings is 2. The molecule has 2 atom stereocenters. The van der Waals surface area contributed by atoms with Gasteiger partial charge in [0, 0.05) is 35.1 Å². The van der Waals surface area contributed by atoms with E-state index in [-0.39, 0.29) is 22.9 Å². The quantitative estimate of drug-likeness (QED) is 0.477. The van der Waals surface area contributed by atoms with E-state index in [0.29, 0.717) is 17.9 Å². The molecular weight excluding hydrogens is 481 g/mol. The SMILES string of the molecule is CN(C(=O)C1CCSCC1)C(c1ccc(NC2Cc3ccc(Cl)cc3C2(C)C)cc1)C(F)(F)F. The van der Waals surface area contributed by atoms with Crippen LogP contribution in [0.25, 0.3) is 0 Å². The van der Waals surface area contributed by atoms with Crippen molar-refractivity contribution in [1.82, 2.24) is 4.90 Å². The Morgan fingerprint density at radius 3 is 2.41 bits per heavy atom. The van der Waals surface area contributed by atoms with Gasteiger partial charge in [0.25, 0.3) is 0 Å². The molecular formula is C26H30ClF3N2OS. The maximum Gasteiger partial charge on any atom is 0.413 e. The maximum atomic E-state index is 14.1. The molecule has 0 saturated carbocycles. The van der Waals surface area contributed by atoms with Crippen molar-refractivity contribution in [3.05, 3.63) is 64.2 Å². The molecule has 2 aromatic carbocycles. The maximum absolute atomic E-state index is 14.1. The standard InChI is InChI=1S/C26H30ClF3N2OS/c1-25(2)21-15-19(27)7-4-18(21)14-22(25)31-20-8-5-16(6-9-20)23(26(28,29)30)32(3)24(33)17-10-12-34-13-11-17/h4-9,15,17,22-23,31H,10-14H2,1-3H3. The van der Waals surface area contributed by atoms with Crippen LogP contribution in [-0.4, -0.2) is 41.6 Å². The summed E-state index contributed by atoms with van der Waals surface area (Å²) in [6.07, 6.45) is -2.49. The predicted molar refractivity (Wildman–Crippen MR) is 134 cm³/mol. The van der Waals surface area contributed by atoms with Crippen molar-refractivity contribution in [2.24, 2.45) is 5.92 Å². The number of nitrogens with zero attached hydrogens (tertiary/aromatic N) is 1. The monoisotopic (exact) mass is 510 g/mol. The zero-order valence-electron chi connectivity index (χ0n) is 19.6. The molecule has 2 aromatic rings. The molecule has 0 aromatic heterocycles. The van der Waals surface area contributed by atoms with E-state index in [9.17, 15) is 18.0 Å². The number of thioether (sulfide) groups is 1. The van der Waals surface area contributed by atoms with Crippen molar-refractivity contribution in [2.75, 3.05) is 23.9 Å². The van der Waals surface area contributed by atoms with Gasteiger partial charge in [0.1, 0.15) is 0 Å².